The van der Waals surface area contributed by atoms with Gasteiger partial charge in [0, 0.05) is 16.6 Å². The molecular weight excluding hydrogens is 370 g/mol. The van der Waals surface area contributed by atoms with Crippen LogP contribution < -0.4 is 14.8 Å². The van der Waals surface area contributed by atoms with Crippen LogP contribution in [0.1, 0.15) is 23.1 Å². The molecule has 2 aromatic rings. The number of hydrogen-bond acceptors (Lipinski definition) is 3. The highest BCUT2D eigenvalue weighted by Crippen LogP contribution is 2.31. The van der Waals surface area contributed by atoms with Crippen molar-refractivity contribution in [2.24, 2.45) is 0 Å². The van der Waals surface area contributed by atoms with Crippen LogP contribution in [0.4, 0.5) is 5.69 Å². The van der Waals surface area contributed by atoms with Gasteiger partial charge in [-0.2, -0.15) is 0 Å². The molecule has 4 nitrogen and oxygen atoms in total. The molecule has 24 heavy (non-hydrogen) atoms. The van der Waals surface area contributed by atoms with Gasteiger partial charge in [0.2, 0.25) is 5.91 Å². The van der Waals surface area contributed by atoms with Gasteiger partial charge in [-0.15, -0.1) is 0 Å². The zero-order valence-electron chi connectivity index (χ0n) is 13.8. The summed E-state index contributed by atoms with van der Waals surface area (Å²) in [5.41, 5.74) is 4.06. The number of halogens is 1. The van der Waals surface area contributed by atoms with Crippen LogP contribution in [0.15, 0.2) is 34.8 Å². The highest BCUT2D eigenvalue weighted by Gasteiger charge is 2.13. The summed E-state index contributed by atoms with van der Waals surface area (Å²) in [5.74, 6) is 1.55. The summed E-state index contributed by atoms with van der Waals surface area (Å²) in [5, 5.41) is 3.02. The summed E-state index contributed by atoms with van der Waals surface area (Å²) < 4.78 is 12.1. The molecule has 1 amide bonds. The van der Waals surface area contributed by atoms with E-state index in [4.69, 9.17) is 9.47 Å². The quantitative estimate of drug-likeness (QED) is 0.842. The Labute approximate surface area is 150 Å². The smallest absolute Gasteiger partial charge is 0.224 e. The lowest BCUT2D eigenvalue weighted by atomic mass is 10.1. The number of carbonyl (C=O) groups is 1. The number of amides is 1. The molecule has 5 heteroatoms. The molecule has 1 aliphatic rings. The van der Waals surface area contributed by atoms with Gasteiger partial charge in [-0.1, -0.05) is 22.0 Å². The number of benzene rings is 2. The largest absolute Gasteiger partial charge is 0.486 e. The second-order valence-electron chi connectivity index (χ2n) is 5.94. The van der Waals surface area contributed by atoms with Crippen molar-refractivity contribution in [3.05, 3.63) is 51.5 Å². The van der Waals surface area contributed by atoms with E-state index in [1.54, 1.807) is 0 Å². The minimum atomic E-state index is 0.0124. The summed E-state index contributed by atoms with van der Waals surface area (Å²) in [6.07, 6.45) is 1.09. The highest BCUT2D eigenvalue weighted by molar-refractivity contribution is 9.10. The van der Waals surface area contributed by atoms with Crippen molar-refractivity contribution >= 4 is 27.5 Å². The predicted molar refractivity (Wildman–Crippen MR) is 98.0 cm³/mol. The third kappa shape index (κ3) is 3.90. The zero-order chi connectivity index (χ0) is 17.1. The average Bonchev–Trinajstić information content (AvgIpc) is 2.56. The summed E-state index contributed by atoms with van der Waals surface area (Å²) >= 11 is 3.47. The first-order valence-corrected chi connectivity index (χ1v) is 8.77. The molecule has 1 N–H and O–H groups in total. The van der Waals surface area contributed by atoms with E-state index < -0.39 is 0 Å². The Balaban J connectivity index is 1.62. The molecule has 3 rings (SSSR count). The van der Waals surface area contributed by atoms with E-state index in [0.29, 0.717) is 26.1 Å². The first kappa shape index (κ1) is 16.8. The van der Waals surface area contributed by atoms with Gasteiger partial charge in [-0.3, -0.25) is 4.79 Å². The van der Waals surface area contributed by atoms with Crippen LogP contribution >= 0.6 is 15.9 Å². The molecule has 0 saturated heterocycles. The SMILES string of the molecule is Cc1cc(Br)cc(C)c1NC(=O)CCc1ccc2c(c1)OCCO2. The number of fused-ring (bicyclic) bond motifs is 1. The van der Waals surface area contributed by atoms with Gasteiger partial charge in [-0.25, -0.2) is 0 Å². The van der Waals surface area contributed by atoms with Crippen LogP contribution in [0.5, 0.6) is 11.5 Å². The summed E-state index contributed by atoms with van der Waals surface area (Å²) in [6.45, 7) is 5.14. The molecule has 1 heterocycles. The Hall–Kier alpha value is -2.01. The van der Waals surface area contributed by atoms with Crippen molar-refractivity contribution in [2.75, 3.05) is 18.5 Å². The Morgan fingerprint density at radius 1 is 1.08 bits per heavy atom. The molecule has 0 aromatic heterocycles. The molecular formula is C19H20BrNO3. The van der Waals surface area contributed by atoms with Gasteiger partial charge >= 0.3 is 0 Å². The lowest BCUT2D eigenvalue weighted by Gasteiger charge is -2.18. The summed E-state index contributed by atoms with van der Waals surface area (Å²) in [4.78, 5) is 12.3. The van der Waals surface area contributed by atoms with Crippen molar-refractivity contribution in [1.29, 1.82) is 0 Å². The molecule has 0 bridgehead atoms. The fourth-order valence-corrected chi connectivity index (χ4v) is 3.50. The van der Waals surface area contributed by atoms with Crippen LogP contribution in [-0.2, 0) is 11.2 Å². The van der Waals surface area contributed by atoms with Crippen molar-refractivity contribution in [3.63, 3.8) is 0 Å². The first-order valence-electron chi connectivity index (χ1n) is 7.98. The summed E-state index contributed by atoms with van der Waals surface area (Å²) in [7, 11) is 0. The minimum Gasteiger partial charge on any atom is -0.486 e. The van der Waals surface area contributed by atoms with E-state index in [2.05, 4.69) is 21.2 Å². The topological polar surface area (TPSA) is 47.6 Å². The third-order valence-corrected chi connectivity index (χ3v) is 4.47. The van der Waals surface area contributed by atoms with E-state index >= 15 is 0 Å². The zero-order valence-corrected chi connectivity index (χ0v) is 15.4. The maximum atomic E-state index is 12.3. The fraction of sp³-hybridized carbons (Fsp3) is 0.316. The fourth-order valence-electron chi connectivity index (χ4n) is 2.81. The number of hydrogen-bond donors (Lipinski definition) is 1. The second-order valence-corrected chi connectivity index (χ2v) is 6.86. The number of aryl methyl sites for hydroxylation is 3. The number of anilines is 1. The van der Waals surface area contributed by atoms with Gasteiger partial charge in [0.25, 0.3) is 0 Å². The van der Waals surface area contributed by atoms with Crippen LogP contribution in [0.2, 0.25) is 0 Å². The molecule has 1 aliphatic heterocycles. The Bertz CT molecular complexity index is 750. The van der Waals surface area contributed by atoms with Crippen molar-refractivity contribution in [2.45, 2.75) is 26.7 Å². The van der Waals surface area contributed by atoms with Crippen molar-refractivity contribution in [3.8, 4) is 11.5 Å². The van der Waals surface area contributed by atoms with E-state index in [-0.39, 0.29) is 5.91 Å². The standard InChI is InChI=1S/C19H20BrNO3/c1-12-9-15(20)10-13(2)19(12)21-18(22)6-4-14-3-5-16-17(11-14)24-8-7-23-16/h3,5,9-11H,4,6-8H2,1-2H3,(H,21,22). The van der Waals surface area contributed by atoms with E-state index in [0.717, 1.165) is 38.3 Å². The Morgan fingerprint density at radius 3 is 2.46 bits per heavy atom. The molecule has 0 atom stereocenters. The lowest BCUT2D eigenvalue weighted by Crippen LogP contribution is -2.16. The molecule has 0 spiro atoms. The number of nitrogens with one attached hydrogen (secondary N) is 1. The van der Waals surface area contributed by atoms with Gasteiger partial charge in [0.05, 0.1) is 0 Å². The van der Waals surface area contributed by atoms with E-state index in [1.165, 1.54) is 0 Å². The normalized spacial score (nSPS) is 12.8. The van der Waals surface area contributed by atoms with Crippen LogP contribution in [-0.4, -0.2) is 19.1 Å². The van der Waals surface area contributed by atoms with Crippen molar-refractivity contribution in [1.82, 2.24) is 0 Å². The summed E-state index contributed by atoms with van der Waals surface area (Å²) in [6, 6.07) is 9.85. The van der Waals surface area contributed by atoms with Gasteiger partial charge < -0.3 is 14.8 Å². The average molecular weight is 390 g/mol. The van der Waals surface area contributed by atoms with Gasteiger partial charge in [0.15, 0.2) is 11.5 Å². The van der Waals surface area contributed by atoms with Crippen LogP contribution in [0, 0.1) is 13.8 Å². The molecule has 0 aliphatic carbocycles. The molecule has 0 radical (unpaired) electrons. The Kier molecular flexibility index (Phi) is 5.09. The molecule has 126 valence electrons. The van der Waals surface area contributed by atoms with E-state index in [1.807, 2.05) is 44.2 Å². The molecule has 0 fully saturated rings. The first-order chi connectivity index (χ1) is 11.5. The minimum absolute atomic E-state index is 0.0124. The lowest BCUT2D eigenvalue weighted by molar-refractivity contribution is -0.116. The number of rotatable bonds is 4. The number of carbonyl (C=O) groups excluding carboxylic acids is 1. The highest BCUT2D eigenvalue weighted by atomic mass is 79.9. The predicted octanol–water partition coefficient (Wildman–Crippen LogP) is 4.41. The van der Waals surface area contributed by atoms with E-state index in [9.17, 15) is 4.79 Å². The maximum Gasteiger partial charge on any atom is 0.224 e. The van der Waals surface area contributed by atoms with Crippen molar-refractivity contribution < 1.29 is 14.3 Å². The van der Waals surface area contributed by atoms with Gasteiger partial charge in [-0.05, 0) is 61.2 Å². The maximum absolute atomic E-state index is 12.3. The third-order valence-electron chi connectivity index (χ3n) is 4.01. The molecule has 0 saturated carbocycles. The van der Waals surface area contributed by atoms with Crippen LogP contribution in [0.3, 0.4) is 0 Å². The second kappa shape index (κ2) is 7.26. The number of ether oxygens (including phenoxy) is 2. The monoisotopic (exact) mass is 389 g/mol. The molecule has 2 aromatic carbocycles. The molecule has 0 unspecified atom stereocenters. The van der Waals surface area contributed by atoms with Gasteiger partial charge in [0.1, 0.15) is 13.2 Å². The van der Waals surface area contributed by atoms with Crippen LogP contribution in [0.25, 0.3) is 0 Å². The Morgan fingerprint density at radius 2 is 1.75 bits per heavy atom.